The molecule has 186 valence electrons. The summed E-state index contributed by atoms with van der Waals surface area (Å²) in [6.45, 7) is 5.56. The van der Waals surface area contributed by atoms with E-state index in [-0.39, 0.29) is 24.0 Å². The quantitative estimate of drug-likeness (QED) is 0.388. The highest BCUT2D eigenvalue weighted by Crippen LogP contribution is 2.30. The number of halogens is 3. The minimum absolute atomic E-state index is 0.0449. The number of rotatable bonds is 6. The van der Waals surface area contributed by atoms with Crippen molar-refractivity contribution in [3.63, 3.8) is 0 Å². The largest absolute Gasteiger partial charge is 0.416 e. The van der Waals surface area contributed by atoms with Gasteiger partial charge in [-0.2, -0.15) is 23.4 Å². The number of amides is 1. The van der Waals surface area contributed by atoms with Gasteiger partial charge in [0.25, 0.3) is 5.91 Å². The van der Waals surface area contributed by atoms with Crippen molar-refractivity contribution in [1.82, 2.24) is 29.4 Å². The van der Waals surface area contributed by atoms with E-state index in [1.807, 2.05) is 4.90 Å². The van der Waals surface area contributed by atoms with Gasteiger partial charge < -0.3 is 4.90 Å². The Kier molecular flexibility index (Phi) is 6.61. The molecular weight excluding hydrogens is 467 g/mol. The number of hydrogen-bond acceptors (Lipinski definition) is 6. The SMILES string of the molecule is Cc1nn(Cn2ccc(C(=O)N3CCN(Cc4cccc(C(F)(F)F)c4)CC3)n2)c(C)c1[N+](=O)[O-]. The second-order valence-electron chi connectivity index (χ2n) is 8.42. The molecule has 0 radical (unpaired) electrons. The Hall–Kier alpha value is -3.74. The predicted octanol–water partition coefficient (Wildman–Crippen LogP) is 3.09. The first-order valence-electron chi connectivity index (χ1n) is 10.9. The molecule has 0 unspecified atom stereocenters. The fourth-order valence-electron chi connectivity index (χ4n) is 4.16. The molecule has 0 saturated carbocycles. The number of benzene rings is 1. The molecule has 1 fully saturated rings. The van der Waals surface area contributed by atoms with E-state index in [9.17, 15) is 28.1 Å². The van der Waals surface area contributed by atoms with Crippen LogP contribution in [0.25, 0.3) is 0 Å². The second-order valence-corrected chi connectivity index (χ2v) is 8.42. The van der Waals surface area contributed by atoms with Crippen molar-refractivity contribution in [3.05, 3.63) is 74.9 Å². The molecule has 1 saturated heterocycles. The molecule has 3 aromatic rings. The van der Waals surface area contributed by atoms with Gasteiger partial charge in [0.15, 0.2) is 0 Å². The van der Waals surface area contributed by atoms with Gasteiger partial charge in [0.05, 0.1) is 10.5 Å². The molecule has 0 spiro atoms. The zero-order valence-corrected chi connectivity index (χ0v) is 19.2. The maximum absolute atomic E-state index is 12.9. The van der Waals surface area contributed by atoms with Crippen molar-refractivity contribution < 1.29 is 22.9 Å². The minimum atomic E-state index is -4.38. The normalized spacial score (nSPS) is 14.9. The average Bonchev–Trinajstić information content (AvgIpc) is 3.37. The van der Waals surface area contributed by atoms with Crippen molar-refractivity contribution in [1.29, 1.82) is 0 Å². The third-order valence-corrected chi connectivity index (χ3v) is 5.98. The summed E-state index contributed by atoms with van der Waals surface area (Å²) >= 11 is 0. The number of piperazine rings is 1. The van der Waals surface area contributed by atoms with E-state index < -0.39 is 16.7 Å². The van der Waals surface area contributed by atoms with Crippen molar-refractivity contribution in [3.8, 4) is 0 Å². The lowest BCUT2D eigenvalue weighted by molar-refractivity contribution is -0.386. The minimum Gasteiger partial charge on any atom is -0.335 e. The van der Waals surface area contributed by atoms with Gasteiger partial charge in [0.2, 0.25) is 0 Å². The van der Waals surface area contributed by atoms with Crippen LogP contribution in [0.2, 0.25) is 0 Å². The Morgan fingerprint density at radius 1 is 1.11 bits per heavy atom. The van der Waals surface area contributed by atoms with E-state index in [0.29, 0.717) is 49.7 Å². The molecule has 1 aliphatic rings. The van der Waals surface area contributed by atoms with Crippen LogP contribution < -0.4 is 0 Å². The molecule has 0 N–H and O–H groups in total. The number of nitro groups is 1. The number of aryl methyl sites for hydroxylation is 1. The smallest absolute Gasteiger partial charge is 0.335 e. The lowest BCUT2D eigenvalue weighted by atomic mass is 10.1. The Bertz CT molecular complexity index is 1240. The van der Waals surface area contributed by atoms with Gasteiger partial charge in [0.1, 0.15) is 23.8 Å². The second kappa shape index (κ2) is 9.49. The van der Waals surface area contributed by atoms with Crippen LogP contribution in [0.3, 0.4) is 0 Å². The molecule has 10 nitrogen and oxygen atoms in total. The van der Waals surface area contributed by atoms with Crippen LogP contribution in [0.4, 0.5) is 18.9 Å². The lowest BCUT2D eigenvalue weighted by Gasteiger charge is -2.34. The van der Waals surface area contributed by atoms with Crippen LogP contribution in [0.5, 0.6) is 0 Å². The van der Waals surface area contributed by atoms with Gasteiger partial charge in [-0.1, -0.05) is 18.2 Å². The molecular formula is C22H24F3N7O3. The first-order valence-corrected chi connectivity index (χ1v) is 10.9. The summed E-state index contributed by atoms with van der Waals surface area (Å²) in [5, 5.41) is 19.7. The predicted molar refractivity (Wildman–Crippen MR) is 119 cm³/mol. The number of carbonyl (C=O) groups is 1. The van der Waals surface area contributed by atoms with Crippen LogP contribution in [0.1, 0.15) is 33.0 Å². The highest BCUT2D eigenvalue weighted by molar-refractivity contribution is 5.92. The van der Waals surface area contributed by atoms with Gasteiger partial charge in [-0.25, -0.2) is 4.68 Å². The molecule has 1 aromatic carbocycles. The maximum Gasteiger partial charge on any atom is 0.416 e. The highest BCUT2D eigenvalue weighted by Gasteiger charge is 2.31. The van der Waals surface area contributed by atoms with Gasteiger partial charge >= 0.3 is 11.9 Å². The Morgan fingerprint density at radius 2 is 1.83 bits per heavy atom. The van der Waals surface area contributed by atoms with Crippen LogP contribution in [0, 0.1) is 24.0 Å². The molecule has 1 aliphatic heterocycles. The van der Waals surface area contributed by atoms with Crippen molar-refractivity contribution in [2.45, 2.75) is 33.2 Å². The van der Waals surface area contributed by atoms with E-state index in [1.165, 1.54) is 15.4 Å². The summed E-state index contributed by atoms with van der Waals surface area (Å²) < 4.78 is 41.8. The van der Waals surface area contributed by atoms with Crippen molar-refractivity contribution >= 4 is 11.6 Å². The Balaban J connectivity index is 1.34. The summed E-state index contributed by atoms with van der Waals surface area (Å²) in [6, 6.07) is 6.85. The molecule has 1 amide bonds. The molecule has 4 rings (SSSR count). The monoisotopic (exact) mass is 491 g/mol. The fraction of sp³-hybridized carbons (Fsp3) is 0.409. The Labute approximate surface area is 198 Å². The molecule has 3 heterocycles. The van der Waals surface area contributed by atoms with Crippen LogP contribution in [0.15, 0.2) is 36.5 Å². The summed E-state index contributed by atoms with van der Waals surface area (Å²) in [7, 11) is 0. The molecule has 13 heteroatoms. The maximum atomic E-state index is 12.9. The lowest BCUT2D eigenvalue weighted by Crippen LogP contribution is -2.48. The zero-order chi connectivity index (χ0) is 25.3. The molecule has 0 aliphatic carbocycles. The van der Waals surface area contributed by atoms with Gasteiger partial charge in [-0.15, -0.1) is 0 Å². The van der Waals surface area contributed by atoms with Gasteiger partial charge in [-0.3, -0.25) is 24.5 Å². The molecule has 35 heavy (non-hydrogen) atoms. The summed E-state index contributed by atoms with van der Waals surface area (Å²) in [5.41, 5.74) is 0.799. The van der Waals surface area contributed by atoms with Crippen molar-refractivity contribution in [2.75, 3.05) is 26.2 Å². The molecule has 2 aromatic heterocycles. The van der Waals surface area contributed by atoms with Crippen molar-refractivity contribution in [2.24, 2.45) is 0 Å². The number of nitrogens with zero attached hydrogens (tertiary/aromatic N) is 7. The van der Waals surface area contributed by atoms with E-state index in [2.05, 4.69) is 10.2 Å². The summed E-state index contributed by atoms with van der Waals surface area (Å²) in [5.74, 6) is -0.248. The topological polar surface area (TPSA) is 102 Å². The first kappa shape index (κ1) is 24.4. The third-order valence-electron chi connectivity index (χ3n) is 5.98. The van der Waals surface area contributed by atoms with Crippen LogP contribution in [-0.2, 0) is 19.4 Å². The van der Waals surface area contributed by atoms with E-state index in [1.54, 1.807) is 37.1 Å². The third kappa shape index (κ3) is 5.34. The van der Waals surface area contributed by atoms with E-state index in [4.69, 9.17) is 0 Å². The standard InChI is InChI=1S/C22H24F3N7O3/c1-15-20(32(34)35)16(2)31(26-15)14-30-7-6-19(27-30)21(33)29-10-8-28(9-11-29)13-17-4-3-5-18(12-17)22(23,24)25/h3-7,12H,8-11,13-14H2,1-2H3. The average molecular weight is 491 g/mol. The van der Waals surface area contributed by atoms with E-state index in [0.717, 1.165) is 12.1 Å². The summed E-state index contributed by atoms with van der Waals surface area (Å²) in [6.07, 6.45) is -2.77. The zero-order valence-electron chi connectivity index (χ0n) is 19.2. The molecule has 0 atom stereocenters. The number of carbonyl (C=O) groups excluding carboxylic acids is 1. The number of hydrogen-bond donors (Lipinski definition) is 0. The van der Waals surface area contributed by atoms with Gasteiger partial charge in [-0.05, 0) is 31.5 Å². The van der Waals surface area contributed by atoms with Crippen LogP contribution >= 0.6 is 0 Å². The van der Waals surface area contributed by atoms with Gasteiger partial charge in [0, 0.05) is 38.9 Å². The Morgan fingerprint density at radius 3 is 2.46 bits per heavy atom. The highest BCUT2D eigenvalue weighted by atomic mass is 19.4. The van der Waals surface area contributed by atoms with Crippen LogP contribution in [-0.4, -0.2) is 66.4 Å². The molecule has 0 bridgehead atoms. The van der Waals surface area contributed by atoms with E-state index >= 15 is 0 Å². The first-order chi connectivity index (χ1) is 16.5. The summed E-state index contributed by atoms with van der Waals surface area (Å²) in [4.78, 5) is 27.3. The number of alkyl halides is 3. The number of aromatic nitrogens is 4. The fourth-order valence-corrected chi connectivity index (χ4v) is 4.16.